The Morgan fingerprint density at radius 1 is 0.565 bits per heavy atom. The first kappa shape index (κ1) is 16.8. The summed E-state index contributed by atoms with van der Waals surface area (Å²) in [5, 5.41) is 0. The van der Waals surface area contributed by atoms with Crippen LogP contribution in [0.4, 0.5) is 45.2 Å². The molecule has 0 aromatic heterocycles. The van der Waals surface area contributed by atoms with Crippen molar-refractivity contribution in [1.29, 1.82) is 0 Å². The molecule has 10 heteroatoms. The molecule has 0 amide bonds. The highest BCUT2D eigenvalue weighted by atomic mass is 19.2. The van der Waals surface area contributed by atoms with Crippen molar-refractivity contribution in [3.8, 4) is 0 Å². The maximum Gasteiger partial charge on any atom is 0.200 e. The van der Waals surface area contributed by atoms with Crippen molar-refractivity contribution in [2.24, 2.45) is 4.99 Å². The summed E-state index contributed by atoms with van der Waals surface area (Å²) in [7, 11) is 0. The topological polar surface area (TPSA) is 12.4 Å². The third-order valence-corrected chi connectivity index (χ3v) is 2.66. The van der Waals surface area contributed by atoms with Gasteiger partial charge in [-0.05, 0) is 0 Å². The molecule has 0 atom stereocenters. The van der Waals surface area contributed by atoms with Crippen molar-refractivity contribution in [2.75, 3.05) is 0 Å². The molecule has 2 aromatic rings. The highest BCUT2D eigenvalue weighted by molar-refractivity contribution is 5.83. The normalized spacial score (nSPS) is 11.5. The molecule has 0 aliphatic rings. The van der Waals surface area contributed by atoms with Gasteiger partial charge in [-0.3, -0.25) is 0 Å². The first-order valence-corrected chi connectivity index (χ1v) is 5.55. The molecule has 0 heterocycles. The first-order chi connectivity index (χ1) is 10.7. The SMILES string of the molecule is Fc1cc(F)c(F)c(N=Cc2c(F)c(F)c(F)c(F)c2F)c1F. The molecule has 122 valence electrons. The summed E-state index contributed by atoms with van der Waals surface area (Å²) in [6.07, 6.45) is -0.142. The summed E-state index contributed by atoms with van der Waals surface area (Å²) < 4.78 is 118. The van der Waals surface area contributed by atoms with Crippen LogP contribution in [0.25, 0.3) is 0 Å². The van der Waals surface area contributed by atoms with Crippen LogP contribution in [0, 0.1) is 52.4 Å². The third-order valence-electron chi connectivity index (χ3n) is 2.66. The summed E-state index contributed by atoms with van der Waals surface area (Å²) in [5.41, 5.74) is -3.27. The zero-order chi connectivity index (χ0) is 17.5. The van der Waals surface area contributed by atoms with Gasteiger partial charge in [0.25, 0.3) is 0 Å². The second kappa shape index (κ2) is 5.94. The van der Waals surface area contributed by atoms with Gasteiger partial charge in [-0.25, -0.2) is 44.5 Å². The van der Waals surface area contributed by atoms with Crippen LogP contribution < -0.4 is 0 Å². The number of hydrogen-bond donors (Lipinski definition) is 0. The quantitative estimate of drug-likeness (QED) is 0.325. The van der Waals surface area contributed by atoms with Crippen molar-refractivity contribution in [3.63, 3.8) is 0 Å². The standard InChI is InChI=1S/C13H2F9N/c14-4-1-5(15)9(19)13(8(4)18)23-2-3-6(16)10(20)12(22)11(21)7(3)17/h1-2H. The van der Waals surface area contributed by atoms with Crippen LogP contribution in [0.5, 0.6) is 0 Å². The van der Waals surface area contributed by atoms with Gasteiger partial charge in [-0.1, -0.05) is 0 Å². The van der Waals surface area contributed by atoms with Crippen LogP contribution in [0.3, 0.4) is 0 Å². The first-order valence-electron chi connectivity index (χ1n) is 5.55. The number of halogens is 9. The lowest BCUT2D eigenvalue weighted by Gasteiger charge is -2.05. The van der Waals surface area contributed by atoms with Crippen molar-refractivity contribution >= 4 is 11.9 Å². The molecule has 0 unspecified atom stereocenters. The van der Waals surface area contributed by atoms with Crippen molar-refractivity contribution < 1.29 is 39.5 Å². The molecule has 0 N–H and O–H groups in total. The fourth-order valence-electron chi connectivity index (χ4n) is 1.54. The Labute approximate surface area is 121 Å². The molecule has 0 aliphatic carbocycles. The molecule has 0 fully saturated rings. The maximum absolute atomic E-state index is 13.3. The molecular weight excluding hydrogens is 341 g/mol. The fourth-order valence-corrected chi connectivity index (χ4v) is 1.54. The van der Waals surface area contributed by atoms with Crippen molar-refractivity contribution in [2.45, 2.75) is 0 Å². The minimum Gasteiger partial charge on any atom is -0.250 e. The van der Waals surface area contributed by atoms with E-state index < -0.39 is 63.6 Å². The monoisotopic (exact) mass is 343 g/mol. The smallest absolute Gasteiger partial charge is 0.200 e. The number of nitrogens with zero attached hydrogens (tertiary/aromatic N) is 1. The molecule has 0 aliphatic heterocycles. The summed E-state index contributed by atoms with van der Waals surface area (Å²) in [5.74, 6) is -19.5. The average molecular weight is 343 g/mol. The number of rotatable bonds is 2. The van der Waals surface area contributed by atoms with Gasteiger partial charge < -0.3 is 0 Å². The van der Waals surface area contributed by atoms with Gasteiger partial charge in [0.2, 0.25) is 5.82 Å². The van der Waals surface area contributed by atoms with Gasteiger partial charge in [0, 0.05) is 12.3 Å². The maximum atomic E-state index is 13.3. The largest absolute Gasteiger partial charge is 0.250 e. The van der Waals surface area contributed by atoms with Gasteiger partial charge >= 0.3 is 0 Å². The van der Waals surface area contributed by atoms with Gasteiger partial charge in [-0.15, -0.1) is 0 Å². The minimum absolute atomic E-state index is 0.142. The van der Waals surface area contributed by atoms with Crippen LogP contribution in [0.1, 0.15) is 5.56 Å². The number of benzene rings is 2. The lowest BCUT2D eigenvalue weighted by molar-refractivity contribution is 0.377. The van der Waals surface area contributed by atoms with Gasteiger partial charge in [0.1, 0.15) is 5.69 Å². The Bertz CT molecular complexity index is 774. The Morgan fingerprint density at radius 2 is 0.957 bits per heavy atom. The Hall–Kier alpha value is -2.52. The molecule has 0 spiro atoms. The summed E-state index contributed by atoms with van der Waals surface area (Å²) in [6, 6.07) is -0.151. The molecule has 0 bridgehead atoms. The van der Waals surface area contributed by atoms with Gasteiger partial charge in [0.15, 0.2) is 46.5 Å². The third kappa shape index (κ3) is 2.76. The van der Waals surface area contributed by atoms with Gasteiger partial charge in [-0.2, -0.15) is 0 Å². The van der Waals surface area contributed by atoms with Crippen molar-refractivity contribution in [3.05, 3.63) is 64.0 Å². The summed E-state index contributed by atoms with van der Waals surface area (Å²) in [4.78, 5) is 2.74. The lowest BCUT2D eigenvalue weighted by atomic mass is 10.2. The van der Waals surface area contributed by atoms with Crippen molar-refractivity contribution in [1.82, 2.24) is 0 Å². The zero-order valence-electron chi connectivity index (χ0n) is 10.5. The van der Waals surface area contributed by atoms with E-state index in [2.05, 4.69) is 4.99 Å². The Balaban J connectivity index is 2.64. The van der Waals surface area contributed by atoms with Gasteiger partial charge in [0.05, 0.1) is 5.56 Å². The molecule has 2 aromatic carbocycles. The van der Waals surface area contributed by atoms with E-state index in [1.54, 1.807) is 0 Å². The average Bonchev–Trinajstić information content (AvgIpc) is 2.52. The summed E-state index contributed by atoms with van der Waals surface area (Å²) >= 11 is 0. The van der Waals surface area contributed by atoms with Crippen LogP contribution in [-0.2, 0) is 0 Å². The summed E-state index contributed by atoms with van der Waals surface area (Å²) in [6.45, 7) is 0. The van der Waals surface area contributed by atoms with E-state index in [9.17, 15) is 39.5 Å². The van der Waals surface area contributed by atoms with Crippen LogP contribution in [0.2, 0.25) is 0 Å². The van der Waals surface area contributed by atoms with E-state index in [0.29, 0.717) is 0 Å². The highest BCUT2D eigenvalue weighted by Crippen LogP contribution is 2.28. The molecule has 0 saturated carbocycles. The molecule has 23 heavy (non-hydrogen) atoms. The predicted octanol–water partition coefficient (Wildman–Crippen LogP) is 4.69. The fraction of sp³-hybridized carbons (Fsp3) is 0. The second-order valence-corrected chi connectivity index (χ2v) is 4.06. The van der Waals surface area contributed by atoms with Crippen LogP contribution >= 0.6 is 0 Å². The van der Waals surface area contributed by atoms with Crippen LogP contribution in [-0.4, -0.2) is 6.21 Å². The van der Waals surface area contributed by atoms with Crippen LogP contribution in [0.15, 0.2) is 11.1 Å². The van der Waals surface area contributed by atoms with E-state index in [1.165, 1.54) is 0 Å². The van der Waals surface area contributed by atoms with E-state index in [4.69, 9.17) is 0 Å². The number of aliphatic imine (C=N–C) groups is 1. The Morgan fingerprint density at radius 3 is 1.39 bits per heavy atom. The molecule has 0 radical (unpaired) electrons. The minimum atomic E-state index is -2.45. The highest BCUT2D eigenvalue weighted by Gasteiger charge is 2.25. The molecule has 2 rings (SSSR count). The van der Waals surface area contributed by atoms with E-state index in [0.717, 1.165) is 0 Å². The number of hydrogen-bond acceptors (Lipinski definition) is 1. The Kier molecular flexibility index (Phi) is 4.35. The molecular formula is C13H2F9N. The van der Waals surface area contributed by atoms with E-state index in [1.807, 2.05) is 0 Å². The van der Waals surface area contributed by atoms with E-state index >= 15 is 0 Å². The molecule has 1 nitrogen and oxygen atoms in total. The molecule has 0 saturated heterocycles. The van der Waals surface area contributed by atoms with E-state index in [-0.39, 0.29) is 12.3 Å². The lowest BCUT2D eigenvalue weighted by Crippen LogP contribution is -2.06. The predicted molar refractivity (Wildman–Crippen MR) is 59.8 cm³/mol. The second-order valence-electron chi connectivity index (χ2n) is 4.06. The zero-order valence-corrected chi connectivity index (χ0v) is 10.5.